The Balaban J connectivity index is 1.85. The van der Waals surface area contributed by atoms with Crippen LogP contribution in [0.25, 0.3) is 0 Å². The summed E-state index contributed by atoms with van der Waals surface area (Å²) in [6.45, 7) is 0.826. The fourth-order valence-electron chi connectivity index (χ4n) is 1.70. The van der Waals surface area contributed by atoms with Gasteiger partial charge in [0.1, 0.15) is 11.6 Å². The summed E-state index contributed by atoms with van der Waals surface area (Å²) < 4.78 is 5.13. The molecule has 0 amide bonds. The van der Waals surface area contributed by atoms with E-state index in [0.29, 0.717) is 5.95 Å². The van der Waals surface area contributed by atoms with Gasteiger partial charge in [0.15, 0.2) is 0 Å². The van der Waals surface area contributed by atoms with Crippen LogP contribution in [0.2, 0.25) is 0 Å². The summed E-state index contributed by atoms with van der Waals surface area (Å²) in [5, 5.41) is 6.19. The van der Waals surface area contributed by atoms with E-state index in [0.717, 1.165) is 24.5 Å². The average molecular weight is 258 g/mol. The van der Waals surface area contributed by atoms with Gasteiger partial charge in [0.2, 0.25) is 5.95 Å². The Morgan fingerprint density at radius 3 is 2.63 bits per heavy atom. The number of aromatic nitrogens is 2. The molecule has 2 N–H and O–H groups in total. The SMILES string of the molecule is CNc1nccc(NCCc2ccc(OC)cc2)n1. The van der Waals surface area contributed by atoms with Crippen LogP contribution in [0.15, 0.2) is 36.5 Å². The molecule has 0 unspecified atom stereocenters. The van der Waals surface area contributed by atoms with E-state index in [-0.39, 0.29) is 0 Å². The molecule has 2 rings (SSSR count). The van der Waals surface area contributed by atoms with Crippen LogP contribution in [0, 0.1) is 0 Å². The van der Waals surface area contributed by atoms with Gasteiger partial charge in [0.05, 0.1) is 7.11 Å². The minimum atomic E-state index is 0.620. The van der Waals surface area contributed by atoms with E-state index >= 15 is 0 Å². The maximum absolute atomic E-state index is 5.13. The summed E-state index contributed by atoms with van der Waals surface area (Å²) in [5.74, 6) is 2.33. The highest BCUT2D eigenvalue weighted by molar-refractivity contribution is 5.39. The zero-order valence-electron chi connectivity index (χ0n) is 11.2. The van der Waals surface area contributed by atoms with Crippen LogP contribution in [-0.4, -0.2) is 30.7 Å². The van der Waals surface area contributed by atoms with Gasteiger partial charge in [-0.2, -0.15) is 4.98 Å². The molecule has 5 heteroatoms. The summed E-state index contributed by atoms with van der Waals surface area (Å²) in [4.78, 5) is 8.36. The molecule has 0 saturated heterocycles. The van der Waals surface area contributed by atoms with Gasteiger partial charge in [-0.3, -0.25) is 0 Å². The molecule has 0 spiro atoms. The summed E-state index contributed by atoms with van der Waals surface area (Å²) in [7, 11) is 3.47. The Morgan fingerprint density at radius 2 is 1.95 bits per heavy atom. The summed E-state index contributed by atoms with van der Waals surface area (Å²) in [6, 6.07) is 9.94. The van der Waals surface area contributed by atoms with Crippen molar-refractivity contribution in [2.75, 3.05) is 31.3 Å². The van der Waals surface area contributed by atoms with Gasteiger partial charge in [0.25, 0.3) is 0 Å². The summed E-state index contributed by atoms with van der Waals surface area (Å²) in [5.41, 5.74) is 1.26. The number of ether oxygens (including phenoxy) is 1. The Kier molecular flexibility index (Phi) is 4.55. The quantitative estimate of drug-likeness (QED) is 0.831. The molecule has 0 fully saturated rings. The van der Waals surface area contributed by atoms with Crippen LogP contribution in [0.5, 0.6) is 5.75 Å². The molecule has 0 aliphatic heterocycles. The van der Waals surface area contributed by atoms with Gasteiger partial charge in [-0.1, -0.05) is 12.1 Å². The molecule has 0 aliphatic rings. The molecule has 1 heterocycles. The lowest BCUT2D eigenvalue weighted by molar-refractivity contribution is 0.414. The standard InChI is InChI=1S/C14H18N4O/c1-15-14-17-10-8-13(18-14)16-9-7-11-3-5-12(19-2)6-4-11/h3-6,8,10H,7,9H2,1-2H3,(H2,15,16,17,18). The predicted octanol–water partition coefficient (Wildman–Crippen LogP) is 2.18. The molecule has 0 atom stereocenters. The summed E-state index contributed by atoms with van der Waals surface area (Å²) >= 11 is 0. The van der Waals surface area contributed by atoms with Crippen molar-refractivity contribution in [1.82, 2.24) is 9.97 Å². The predicted molar refractivity (Wildman–Crippen MR) is 76.8 cm³/mol. The third-order valence-electron chi connectivity index (χ3n) is 2.76. The van der Waals surface area contributed by atoms with Gasteiger partial charge >= 0.3 is 0 Å². The Bertz CT molecular complexity index is 513. The van der Waals surface area contributed by atoms with E-state index in [9.17, 15) is 0 Å². The highest BCUT2D eigenvalue weighted by Gasteiger charge is 1.98. The number of anilines is 2. The monoisotopic (exact) mass is 258 g/mol. The smallest absolute Gasteiger partial charge is 0.224 e. The molecule has 2 aromatic rings. The minimum Gasteiger partial charge on any atom is -0.497 e. The van der Waals surface area contributed by atoms with Crippen molar-refractivity contribution in [1.29, 1.82) is 0 Å². The number of hydrogen-bond donors (Lipinski definition) is 2. The fraction of sp³-hybridized carbons (Fsp3) is 0.286. The second kappa shape index (κ2) is 6.58. The second-order valence-electron chi connectivity index (χ2n) is 4.04. The third kappa shape index (κ3) is 3.84. The van der Waals surface area contributed by atoms with E-state index in [1.165, 1.54) is 5.56 Å². The highest BCUT2D eigenvalue weighted by Crippen LogP contribution is 2.12. The second-order valence-corrected chi connectivity index (χ2v) is 4.04. The molecular formula is C14H18N4O. The first kappa shape index (κ1) is 13.1. The largest absolute Gasteiger partial charge is 0.497 e. The van der Waals surface area contributed by atoms with Crippen molar-refractivity contribution >= 4 is 11.8 Å². The minimum absolute atomic E-state index is 0.620. The van der Waals surface area contributed by atoms with E-state index in [1.807, 2.05) is 18.2 Å². The lowest BCUT2D eigenvalue weighted by Crippen LogP contribution is -2.07. The van der Waals surface area contributed by atoms with E-state index < -0.39 is 0 Å². The van der Waals surface area contributed by atoms with Gasteiger partial charge in [0, 0.05) is 19.8 Å². The van der Waals surface area contributed by atoms with Crippen molar-refractivity contribution in [3.05, 3.63) is 42.1 Å². The van der Waals surface area contributed by atoms with E-state index in [2.05, 4.69) is 32.7 Å². The molecule has 0 saturated carbocycles. The Hall–Kier alpha value is -2.30. The molecule has 1 aromatic heterocycles. The molecule has 0 aliphatic carbocycles. The number of nitrogens with zero attached hydrogens (tertiary/aromatic N) is 2. The first-order valence-corrected chi connectivity index (χ1v) is 6.19. The van der Waals surface area contributed by atoms with Crippen LogP contribution in [0.3, 0.4) is 0 Å². The third-order valence-corrected chi connectivity index (χ3v) is 2.76. The molecule has 5 nitrogen and oxygen atoms in total. The first-order chi connectivity index (χ1) is 9.31. The van der Waals surface area contributed by atoms with Gasteiger partial charge in [-0.25, -0.2) is 4.98 Å². The maximum atomic E-state index is 5.13. The van der Waals surface area contributed by atoms with Crippen LogP contribution in [0.4, 0.5) is 11.8 Å². The zero-order valence-corrected chi connectivity index (χ0v) is 11.2. The maximum Gasteiger partial charge on any atom is 0.224 e. The number of rotatable bonds is 6. The van der Waals surface area contributed by atoms with E-state index in [1.54, 1.807) is 20.4 Å². The lowest BCUT2D eigenvalue weighted by Gasteiger charge is -2.07. The first-order valence-electron chi connectivity index (χ1n) is 6.19. The fourth-order valence-corrected chi connectivity index (χ4v) is 1.70. The summed E-state index contributed by atoms with van der Waals surface area (Å²) in [6.07, 6.45) is 2.66. The van der Waals surface area contributed by atoms with Gasteiger partial charge < -0.3 is 15.4 Å². The molecule has 0 radical (unpaired) electrons. The number of nitrogens with one attached hydrogen (secondary N) is 2. The highest BCUT2D eigenvalue weighted by atomic mass is 16.5. The molecule has 19 heavy (non-hydrogen) atoms. The number of benzene rings is 1. The molecular weight excluding hydrogens is 240 g/mol. The van der Waals surface area contributed by atoms with Gasteiger partial charge in [-0.05, 0) is 30.2 Å². The Labute approximate surface area is 113 Å². The van der Waals surface area contributed by atoms with Crippen LogP contribution in [0.1, 0.15) is 5.56 Å². The van der Waals surface area contributed by atoms with Crippen molar-refractivity contribution in [3.8, 4) is 5.75 Å². The number of hydrogen-bond acceptors (Lipinski definition) is 5. The average Bonchev–Trinajstić information content (AvgIpc) is 2.48. The van der Waals surface area contributed by atoms with Crippen molar-refractivity contribution in [3.63, 3.8) is 0 Å². The topological polar surface area (TPSA) is 59.1 Å². The number of methoxy groups -OCH3 is 1. The van der Waals surface area contributed by atoms with Crippen LogP contribution >= 0.6 is 0 Å². The normalized spacial score (nSPS) is 10.0. The van der Waals surface area contributed by atoms with Crippen molar-refractivity contribution in [2.45, 2.75) is 6.42 Å². The Morgan fingerprint density at radius 1 is 1.16 bits per heavy atom. The van der Waals surface area contributed by atoms with Crippen molar-refractivity contribution in [2.24, 2.45) is 0 Å². The molecule has 100 valence electrons. The lowest BCUT2D eigenvalue weighted by atomic mass is 10.1. The van der Waals surface area contributed by atoms with Gasteiger partial charge in [-0.15, -0.1) is 0 Å². The molecule has 0 bridgehead atoms. The zero-order chi connectivity index (χ0) is 13.5. The van der Waals surface area contributed by atoms with Crippen LogP contribution in [-0.2, 0) is 6.42 Å². The van der Waals surface area contributed by atoms with Crippen LogP contribution < -0.4 is 15.4 Å². The molecule has 1 aromatic carbocycles. The van der Waals surface area contributed by atoms with E-state index in [4.69, 9.17) is 4.74 Å². The van der Waals surface area contributed by atoms with Crippen molar-refractivity contribution < 1.29 is 4.74 Å².